The Balaban J connectivity index is 2.08. The van der Waals surface area contributed by atoms with Gasteiger partial charge in [0.25, 0.3) is 0 Å². The smallest absolute Gasteiger partial charge is 0.181 e. The second-order valence-electron chi connectivity index (χ2n) is 4.57. The SMILES string of the molecule is CCCNC(CC)C(C)Sc1ncnc2nc[nH]c12. The van der Waals surface area contributed by atoms with E-state index in [0.29, 0.717) is 11.3 Å². The van der Waals surface area contributed by atoms with E-state index >= 15 is 0 Å². The Labute approximate surface area is 118 Å². The van der Waals surface area contributed by atoms with Gasteiger partial charge in [0.2, 0.25) is 0 Å². The molecule has 0 radical (unpaired) electrons. The van der Waals surface area contributed by atoms with Gasteiger partial charge in [0, 0.05) is 11.3 Å². The minimum Gasteiger partial charge on any atom is -0.341 e. The number of aromatic amines is 1. The van der Waals surface area contributed by atoms with Crippen molar-refractivity contribution in [2.24, 2.45) is 0 Å². The Morgan fingerprint density at radius 3 is 2.89 bits per heavy atom. The Kier molecular flexibility index (Phi) is 5.15. The lowest BCUT2D eigenvalue weighted by Crippen LogP contribution is -2.36. The molecule has 2 rings (SSSR count). The van der Waals surface area contributed by atoms with E-state index < -0.39 is 0 Å². The molecule has 0 saturated carbocycles. The fourth-order valence-electron chi connectivity index (χ4n) is 2.06. The second-order valence-corrected chi connectivity index (χ2v) is 5.94. The summed E-state index contributed by atoms with van der Waals surface area (Å²) in [7, 11) is 0. The van der Waals surface area contributed by atoms with Crippen LogP contribution in [0.3, 0.4) is 0 Å². The van der Waals surface area contributed by atoms with Crippen LogP contribution in [-0.4, -0.2) is 37.8 Å². The molecule has 0 amide bonds. The third kappa shape index (κ3) is 3.45. The summed E-state index contributed by atoms with van der Waals surface area (Å²) in [4.78, 5) is 15.8. The summed E-state index contributed by atoms with van der Waals surface area (Å²) in [6, 6.07) is 0.498. The summed E-state index contributed by atoms with van der Waals surface area (Å²) in [6.07, 6.45) is 5.52. The van der Waals surface area contributed by atoms with Crippen molar-refractivity contribution in [3.63, 3.8) is 0 Å². The molecule has 0 bridgehead atoms. The van der Waals surface area contributed by atoms with E-state index in [1.54, 1.807) is 24.4 Å². The van der Waals surface area contributed by atoms with Gasteiger partial charge in [-0.2, -0.15) is 0 Å². The van der Waals surface area contributed by atoms with Crippen LogP contribution in [0.5, 0.6) is 0 Å². The van der Waals surface area contributed by atoms with E-state index in [4.69, 9.17) is 0 Å². The number of thioether (sulfide) groups is 1. The van der Waals surface area contributed by atoms with Crippen LogP contribution in [0.25, 0.3) is 11.2 Å². The number of rotatable bonds is 7. The zero-order valence-electron chi connectivity index (χ0n) is 11.7. The zero-order valence-corrected chi connectivity index (χ0v) is 12.5. The van der Waals surface area contributed by atoms with Crippen LogP contribution in [0.4, 0.5) is 0 Å². The van der Waals surface area contributed by atoms with Crippen molar-refractivity contribution in [2.75, 3.05) is 6.54 Å². The number of hydrogen-bond donors (Lipinski definition) is 2. The molecule has 5 nitrogen and oxygen atoms in total. The van der Waals surface area contributed by atoms with Gasteiger partial charge in [0.1, 0.15) is 16.9 Å². The molecule has 0 aliphatic carbocycles. The third-order valence-electron chi connectivity index (χ3n) is 3.15. The number of H-pyrrole nitrogens is 1. The Bertz CT molecular complexity index is 512. The summed E-state index contributed by atoms with van der Waals surface area (Å²) in [5.74, 6) is 0. The highest BCUT2D eigenvalue weighted by atomic mass is 32.2. The molecule has 2 atom stereocenters. The first-order valence-corrected chi connectivity index (χ1v) is 7.68. The first kappa shape index (κ1) is 14.3. The average Bonchev–Trinajstić information content (AvgIpc) is 2.89. The number of nitrogens with zero attached hydrogens (tertiary/aromatic N) is 3. The van der Waals surface area contributed by atoms with Gasteiger partial charge in [0.05, 0.1) is 6.33 Å². The normalized spacial score (nSPS) is 14.7. The first-order chi connectivity index (χ1) is 9.26. The molecule has 2 unspecified atom stereocenters. The van der Waals surface area contributed by atoms with Crippen molar-refractivity contribution in [3.8, 4) is 0 Å². The molecule has 0 fully saturated rings. The van der Waals surface area contributed by atoms with Crippen molar-refractivity contribution in [1.29, 1.82) is 0 Å². The van der Waals surface area contributed by atoms with Crippen LogP contribution in [0.15, 0.2) is 17.7 Å². The largest absolute Gasteiger partial charge is 0.341 e. The molecule has 0 aliphatic heterocycles. The quantitative estimate of drug-likeness (QED) is 0.602. The molecule has 6 heteroatoms. The van der Waals surface area contributed by atoms with E-state index in [-0.39, 0.29) is 0 Å². The summed E-state index contributed by atoms with van der Waals surface area (Å²) < 4.78 is 0. The predicted molar refractivity (Wildman–Crippen MR) is 79.4 cm³/mol. The Hall–Kier alpha value is -1.14. The minimum absolute atomic E-state index is 0.456. The van der Waals surface area contributed by atoms with Crippen molar-refractivity contribution in [1.82, 2.24) is 25.3 Å². The standard InChI is InChI=1S/C13H21N5S/c1-4-6-14-10(5-2)9(3)19-13-11-12(16-7-15-11)17-8-18-13/h7-10,14H,4-6H2,1-3H3,(H,15,16,17,18). The lowest BCUT2D eigenvalue weighted by Gasteiger charge is -2.23. The number of nitrogens with one attached hydrogen (secondary N) is 2. The molecule has 0 saturated heterocycles. The van der Waals surface area contributed by atoms with Gasteiger partial charge in [0.15, 0.2) is 5.65 Å². The Morgan fingerprint density at radius 1 is 1.32 bits per heavy atom. The molecule has 2 aromatic heterocycles. The zero-order chi connectivity index (χ0) is 13.7. The highest BCUT2D eigenvalue weighted by molar-refractivity contribution is 8.00. The van der Waals surface area contributed by atoms with Crippen LogP contribution in [0.1, 0.15) is 33.6 Å². The lowest BCUT2D eigenvalue weighted by molar-refractivity contribution is 0.493. The van der Waals surface area contributed by atoms with E-state index in [9.17, 15) is 0 Å². The first-order valence-electron chi connectivity index (χ1n) is 6.80. The van der Waals surface area contributed by atoms with Gasteiger partial charge in [-0.25, -0.2) is 15.0 Å². The Morgan fingerprint density at radius 2 is 2.16 bits per heavy atom. The van der Waals surface area contributed by atoms with Crippen LogP contribution in [0, 0.1) is 0 Å². The van der Waals surface area contributed by atoms with Crippen LogP contribution < -0.4 is 5.32 Å². The van der Waals surface area contributed by atoms with Gasteiger partial charge >= 0.3 is 0 Å². The molecule has 0 spiro atoms. The van der Waals surface area contributed by atoms with Gasteiger partial charge < -0.3 is 10.3 Å². The molecule has 19 heavy (non-hydrogen) atoms. The molecule has 2 heterocycles. The summed E-state index contributed by atoms with van der Waals surface area (Å²) in [5.41, 5.74) is 1.67. The van der Waals surface area contributed by atoms with Crippen molar-refractivity contribution in [2.45, 2.75) is 49.9 Å². The highest BCUT2D eigenvalue weighted by Gasteiger charge is 2.18. The maximum Gasteiger partial charge on any atom is 0.181 e. The van der Waals surface area contributed by atoms with E-state index in [1.807, 2.05) is 0 Å². The maximum absolute atomic E-state index is 4.37. The lowest BCUT2D eigenvalue weighted by atomic mass is 10.1. The van der Waals surface area contributed by atoms with Gasteiger partial charge in [-0.3, -0.25) is 0 Å². The number of aromatic nitrogens is 4. The van der Waals surface area contributed by atoms with Crippen molar-refractivity contribution < 1.29 is 0 Å². The topological polar surface area (TPSA) is 66.5 Å². The molecule has 0 aliphatic rings. The van der Waals surface area contributed by atoms with Crippen molar-refractivity contribution >= 4 is 22.9 Å². The summed E-state index contributed by atoms with van der Waals surface area (Å²) in [5, 5.41) is 5.03. The van der Waals surface area contributed by atoms with Crippen molar-refractivity contribution in [3.05, 3.63) is 12.7 Å². The molecular weight excluding hydrogens is 258 g/mol. The van der Waals surface area contributed by atoms with Crippen LogP contribution in [-0.2, 0) is 0 Å². The fourth-order valence-corrected chi connectivity index (χ4v) is 3.24. The molecule has 2 N–H and O–H groups in total. The monoisotopic (exact) mass is 279 g/mol. The van der Waals surface area contributed by atoms with Crippen LogP contribution >= 0.6 is 11.8 Å². The summed E-state index contributed by atoms with van der Waals surface area (Å²) >= 11 is 1.78. The fraction of sp³-hybridized carbons (Fsp3) is 0.615. The van der Waals surface area contributed by atoms with E-state index in [1.165, 1.54) is 0 Å². The molecule has 0 aromatic carbocycles. The third-order valence-corrected chi connectivity index (χ3v) is 4.38. The van der Waals surface area contributed by atoms with E-state index in [0.717, 1.165) is 35.6 Å². The van der Waals surface area contributed by atoms with Gasteiger partial charge in [-0.05, 0) is 19.4 Å². The highest BCUT2D eigenvalue weighted by Crippen LogP contribution is 2.28. The molecule has 2 aromatic rings. The number of imidazole rings is 1. The molecular formula is C13H21N5S. The number of fused-ring (bicyclic) bond motifs is 1. The number of hydrogen-bond acceptors (Lipinski definition) is 5. The van der Waals surface area contributed by atoms with Gasteiger partial charge in [-0.1, -0.05) is 32.5 Å². The molecule has 104 valence electrons. The second kappa shape index (κ2) is 6.86. The van der Waals surface area contributed by atoms with Gasteiger partial charge in [-0.15, -0.1) is 0 Å². The summed E-state index contributed by atoms with van der Waals surface area (Å²) in [6.45, 7) is 7.71. The minimum atomic E-state index is 0.456. The maximum atomic E-state index is 4.37. The van der Waals surface area contributed by atoms with E-state index in [2.05, 4.69) is 46.0 Å². The predicted octanol–water partition coefficient (Wildman–Crippen LogP) is 2.61. The van der Waals surface area contributed by atoms with Crippen LogP contribution in [0.2, 0.25) is 0 Å². The average molecular weight is 279 g/mol.